The molecule has 0 saturated heterocycles. The molecule has 2 N–H and O–H groups in total. The molecule has 1 aromatic heterocycles. The smallest absolute Gasteiger partial charge is 0.127 e. The fraction of sp³-hybridized carbons (Fsp3) is 0.364. The Morgan fingerprint density at radius 3 is 2.64 bits per heavy atom. The minimum absolute atomic E-state index is 0.633. The molecule has 0 atom stereocenters. The van der Waals surface area contributed by atoms with Crippen molar-refractivity contribution < 1.29 is 0 Å². The van der Waals surface area contributed by atoms with Crippen LogP contribution in [0, 0.1) is 0 Å². The second kappa shape index (κ2) is 4.77. The second-order valence-corrected chi connectivity index (χ2v) is 3.44. The standard InChI is InChI=1S/C11H17N3/c1-9(6-7-12)10-4-5-11(13-8-10)14(2)3/h4-5,8H,1,6-7,12H2,2-3H3. The van der Waals surface area contributed by atoms with E-state index in [0.29, 0.717) is 6.54 Å². The number of rotatable bonds is 4. The van der Waals surface area contributed by atoms with Gasteiger partial charge in [0.05, 0.1) is 0 Å². The Hall–Kier alpha value is -1.35. The maximum absolute atomic E-state index is 5.46. The molecule has 0 fully saturated rings. The Morgan fingerprint density at radius 1 is 1.50 bits per heavy atom. The molecule has 3 heteroatoms. The van der Waals surface area contributed by atoms with Crippen molar-refractivity contribution in [3.05, 3.63) is 30.5 Å². The van der Waals surface area contributed by atoms with Crippen LogP contribution in [0.4, 0.5) is 5.82 Å². The number of nitrogens with two attached hydrogens (primary N) is 1. The van der Waals surface area contributed by atoms with Gasteiger partial charge in [-0.3, -0.25) is 0 Å². The highest BCUT2D eigenvalue weighted by Crippen LogP contribution is 2.16. The Bertz CT molecular complexity index is 301. The van der Waals surface area contributed by atoms with Gasteiger partial charge in [0.15, 0.2) is 0 Å². The van der Waals surface area contributed by atoms with Crippen molar-refractivity contribution in [1.29, 1.82) is 0 Å². The van der Waals surface area contributed by atoms with Gasteiger partial charge >= 0.3 is 0 Å². The molecular weight excluding hydrogens is 174 g/mol. The number of hydrogen-bond acceptors (Lipinski definition) is 3. The van der Waals surface area contributed by atoms with E-state index in [-0.39, 0.29) is 0 Å². The molecule has 14 heavy (non-hydrogen) atoms. The van der Waals surface area contributed by atoms with E-state index in [1.54, 1.807) is 0 Å². The highest BCUT2D eigenvalue weighted by Gasteiger charge is 2.00. The van der Waals surface area contributed by atoms with E-state index in [9.17, 15) is 0 Å². The molecule has 0 unspecified atom stereocenters. The van der Waals surface area contributed by atoms with Crippen molar-refractivity contribution >= 4 is 11.4 Å². The molecule has 0 bridgehead atoms. The Labute approximate surface area is 85.3 Å². The lowest BCUT2D eigenvalue weighted by molar-refractivity contribution is 1.02. The first-order valence-electron chi connectivity index (χ1n) is 4.66. The van der Waals surface area contributed by atoms with E-state index in [1.165, 1.54) is 0 Å². The van der Waals surface area contributed by atoms with Gasteiger partial charge in [-0.05, 0) is 36.2 Å². The third-order valence-corrected chi connectivity index (χ3v) is 2.06. The predicted octanol–water partition coefficient (Wildman–Crippen LogP) is 1.51. The van der Waals surface area contributed by atoms with Gasteiger partial charge in [-0.2, -0.15) is 0 Å². The third-order valence-electron chi connectivity index (χ3n) is 2.06. The van der Waals surface area contributed by atoms with Crippen molar-refractivity contribution in [2.75, 3.05) is 25.5 Å². The Kier molecular flexibility index (Phi) is 3.65. The molecule has 0 aliphatic rings. The molecule has 3 nitrogen and oxygen atoms in total. The Morgan fingerprint density at radius 2 is 2.21 bits per heavy atom. The lowest BCUT2D eigenvalue weighted by atomic mass is 10.1. The van der Waals surface area contributed by atoms with Crippen molar-refractivity contribution in [3.63, 3.8) is 0 Å². The molecule has 0 aliphatic carbocycles. The highest BCUT2D eigenvalue weighted by molar-refractivity contribution is 5.63. The van der Waals surface area contributed by atoms with Gasteiger partial charge in [0.25, 0.3) is 0 Å². The van der Waals surface area contributed by atoms with Crippen molar-refractivity contribution in [2.24, 2.45) is 5.73 Å². The van der Waals surface area contributed by atoms with Crippen LogP contribution < -0.4 is 10.6 Å². The van der Waals surface area contributed by atoms with Gasteiger partial charge in [0.2, 0.25) is 0 Å². The molecule has 0 saturated carbocycles. The molecule has 0 aliphatic heterocycles. The van der Waals surface area contributed by atoms with Crippen LogP contribution in [0.3, 0.4) is 0 Å². The zero-order valence-electron chi connectivity index (χ0n) is 8.83. The molecular formula is C11H17N3. The molecule has 0 spiro atoms. The number of aromatic nitrogens is 1. The highest BCUT2D eigenvalue weighted by atomic mass is 15.1. The van der Waals surface area contributed by atoms with E-state index in [0.717, 1.165) is 23.4 Å². The fourth-order valence-corrected chi connectivity index (χ4v) is 1.18. The zero-order chi connectivity index (χ0) is 10.6. The van der Waals surface area contributed by atoms with Crippen LogP contribution in [0.15, 0.2) is 24.9 Å². The summed E-state index contributed by atoms with van der Waals surface area (Å²) in [4.78, 5) is 6.27. The number of anilines is 1. The van der Waals surface area contributed by atoms with Gasteiger partial charge in [0.1, 0.15) is 5.82 Å². The first kappa shape index (κ1) is 10.7. The van der Waals surface area contributed by atoms with E-state index >= 15 is 0 Å². The number of nitrogens with zero attached hydrogens (tertiary/aromatic N) is 2. The summed E-state index contributed by atoms with van der Waals surface area (Å²) in [6.45, 7) is 4.59. The van der Waals surface area contributed by atoms with Crippen LogP contribution >= 0.6 is 0 Å². The minimum atomic E-state index is 0.633. The van der Waals surface area contributed by atoms with E-state index in [4.69, 9.17) is 5.73 Å². The van der Waals surface area contributed by atoms with E-state index < -0.39 is 0 Å². The van der Waals surface area contributed by atoms with Crippen LogP contribution in [0.2, 0.25) is 0 Å². The fourth-order valence-electron chi connectivity index (χ4n) is 1.18. The molecule has 0 radical (unpaired) electrons. The number of pyridine rings is 1. The zero-order valence-corrected chi connectivity index (χ0v) is 8.83. The van der Waals surface area contributed by atoms with Crippen LogP contribution in [0.5, 0.6) is 0 Å². The average molecular weight is 191 g/mol. The van der Waals surface area contributed by atoms with Gasteiger partial charge in [-0.1, -0.05) is 6.58 Å². The van der Waals surface area contributed by atoms with Crippen LogP contribution in [0.25, 0.3) is 5.57 Å². The summed E-state index contributed by atoms with van der Waals surface area (Å²) in [6, 6.07) is 4.01. The lowest BCUT2D eigenvalue weighted by Crippen LogP contribution is -2.10. The van der Waals surface area contributed by atoms with Crippen LogP contribution in [-0.4, -0.2) is 25.6 Å². The van der Waals surface area contributed by atoms with Crippen molar-refractivity contribution in [2.45, 2.75) is 6.42 Å². The average Bonchev–Trinajstić information content (AvgIpc) is 2.18. The summed E-state index contributed by atoms with van der Waals surface area (Å²) in [6.07, 6.45) is 2.66. The topological polar surface area (TPSA) is 42.1 Å². The largest absolute Gasteiger partial charge is 0.363 e. The third kappa shape index (κ3) is 2.57. The van der Waals surface area contributed by atoms with Gasteiger partial charge in [0, 0.05) is 20.3 Å². The van der Waals surface area contributed by atoms with Gasteiger partial charge < -0.3 is 10.6 Å². The Balaban J connectivity index is 2.78. The van der Waals surface area contributed by atoms with Crippen LogP contribution in [0.1, 0.15) is 12.0 Å². The quantitative estimate of drug-likeness (QED) is 0.784. The summed E-state index contributed by atoms with van der Waals surface area (Å²) < 4.78 is 0. The molecule has 76 valence electrons. The molecule has 1 aromatic rings. The first-order valence-corrected chi connectivity index (χ1v) is 4.66. The summed E-state index contributed by atoms with van der Waals surface area (Å²) in [7, 11) is 3.94. The van der Waals surface area contributed by atoms with Gasteiger partial charge in [-0.15, -0.1) is 0 Å². The summed E-state index contributed by atoms with van der Waals surface area (Å²) in [5.41, 5.74) is 7.57. The van der Waals surface area contributed by atoms with Crippen LogP contribution in [-0.2, 0) is 0 Å². The molecule has 1 rings (SSSR count). The van der Waals surface area contributed by atoms with Crippen molar-refractivity contribution in [3.8, 4) is 0 Å². The predicted molar refractivity (Wildman–Crippen MR) is 61.3 cm³/mol. The number of hydrogen-bond donors (Lipinski definition) is 1. The van der Waals surface area contributed by atoms with Crippen molar-refractivity contribution in [1.82, 2.24) is 4.98 Å². The second-order valence-electron chi connectivity index (χ2n) is 3.44. The SMILES string of the molecule is C=C(CCN)c1ccc(N(C)C)nc1. The summed E-state index contributed by atoms with van der Waals surface area (Å²) >= 11 is 0. The van der Waals surface area contributed by atoms with E-state index in [1.807, 2.05) is 37.3 Å². The van der Waals surface area contributed by atoms with E-state index in [2.05, 4.69) is 11.6 Å². The maximum atomic E-state index is 5.46. The molecule has 1 heterocycles. The normalized spacial score (nSPS) is 9.93. The monoisotopic (exact) mass is 191 g/mol. The molecule has 0 aromatic carbocycles. The molecule has 0 amide bonds. The minimum Gasteiger partial charge on any atom is -0.363 e. The summed E-state index contributed by atoms with van der Waals surface area (Å²) in [5, 5.41) is 0. The maximum Gasteiger partial charge on any atom is 0.127 e. The summed E-state index contributed by atoms with van der Waals surface area (Å²) in [5.74, 6) is 0.953. The van der Waals surface area contributed by atoms with Gasteiger partial charge in [-0.25, -0.2) is 4.98 Å². The lowest BCUT2D eigenvalue weighted by Gasteiger charge is -2.11. The first-order chi connectivity index (χ1) is 6.65.